The zero-order valence-corrected chi connectivity index (χ0v) is 20.5. The average Bonchev–Trinajstić information content (AvgIpc) is 2.91. The smallest absolute Gasteiger partial charge is 0.335 e. The van der Waals surface area contributed by atoms with Crippen LogP contribution in [-0.4, -0.2) is 47.3 Å². The molecule has 0 aliphatic carbocycles. The van der Waals surface area contributed by atoms with Gasteiger partial charge in [0.25, 0.3) is 5.91 Å². The van der Waals surface area contributed by atoms with Gasteiger partial charge in [0, 0.05) is 31.3 Å². The Morgan fingerprint density at radius 3 is 1.92 bits per heavy atom. The molecule has 1 aliphatic heterocycles. The van der Waals surface area contributed by atoms with Crippen LogP contribution in [0.2, 0.25) is 0 Å². The minimum Gasteiger partial charge on any atom is -0.335 e. The third kappa shape index (κ3) is 7.07. The molecule has 1 fully saturated rings. The average molecular weight is 547 g/mol. The van der Waals surface area contributed by atoms with Crippen molar-refractivity contribution in [2.45, 2.75) is 24.8 Å². The van der Waals surface area contributed by atoms with Crippen LogP contribution in [0.15, 0.2) is 84.9 Å². The van der Waals surface area contributed by atoms with Crippen molar-refractivity contribution in [2.24, 2.45) is 0 Å². The Bertz CT molecular complexity index is 1310. The summed E-state index contributed by atoms with van der Waals surface area (Å²) in [4.78, 5) is 29.1. The standard InChI is InChI=1S/C29H24F6N2O2/c30-28(31,32)23-16-22(17-24(18-23)29(33,34)35)27(39)37-14-13-36(19-25(37)15-21-9-5-2-6-10-21)26(38)12-11-20-7-3-1-4-8-20/h1-12,16-18,25H,13-15,19H2/t25-/m1/s1. The number of halogens is 6. The van der Waals surface area contributed by atoms with E-state index in [-0.39, 0.29) is 38.0 Å². The number of amides is 2. The lowest BCUT2D eigenvalue weighted by Crippen LogP contribution is -2.57. The van der Waals surface area contributed by atoms with Crippen LogP contribution in [0.3, 0.4) is 0 Å². The molecule has 1 atom stereocenters. The summed E-state index contributed by atoms with van der Waals surface area (Å²) >= 11 is 0. The Morgan fingerprint density at radius 2 is 1.36 bits per heavy atom. The van der Waals surface area contributed by atoms with Crippen molar-refractivity contribution in [1.29, 1.82) is 0 Å². The van der Waals surface area contributed by atoms with Gasteiger partial charge in [-0.25, -0.2) is 0 Å². The molecule has 1 saturated heterocycles. The van der Waals surface area contributed by atoms with Crippen molar-refractivity contribution < 1.29 is 35.9 Å². The van der Waals surface area contributed by atoms with Crippen LogP contribution in [0.25, 0.3) is 6.08 Å². The molecule has 204 valence electrons. The van der Waals surface area contributed by atoms with E-state index in [4.69, 9.17) is 0 Å². The van der Waals surface area contributed by atoms with Gasteiger partial charge in [0.05, 0.1) is 17.2 Å². The van der Waals surface area contributed by atoms with Gasteiger partial charge in [0.15, 0.2) is 0 Å². The third-order valence-electron chi connectivity index (χ3n) is 6.42. The molecule has 0 bridgehead atoms. The molecule has 10 heteroatoms. The van der Waals surface area contributed by atoms with Crippen molar-refractivity contribution in [3.05, 3.63) is 113 Å². The quantitative estimate of drug-likeness (QED) is 0.277. The molecule has 0 radical (unpaired) electrons. The molecule has 0 spiro atoms. The first-order chi connectivity index (χ1) is 18.4. The van der Waals surface area contributed by atoms with Crippen molar-refractivity contribution in [3.8, 4) is 0 Å². The van der Waals surface area contributed by atoms with Crippen LogP contribution in [-0.2, 0) is 23.6 Å². The first-order valence-corrected chi connectivity index (χ1v) is 12.1. The molecule has 0 aromatic heterocycles. The van der Waals surface area contributed by atoms with Gasteiger partial charge < -0.3 is 9.80 Å². The number of carbonyl (C=O) groups is 2. The zero-order valence-electron chi connectivity index (χ0n) is 20.5. The molecule has 4 rings (SSSR count). The Balaban J connectivity index is 1.63. The van der Waals surface area contributed by atoms with Gasteiger partial charge in [-0.3, -0.25) is 9.59 Å². The number of piperazine rings is 1. The topological polar surface area (TPSA) is 40.6 Å². The molecule has 3 aromatic rings. The summed E-state index contributed by atoms with van der Waals surface area (Å²) in [6.07, 6.45) is -6.85. The molecule has 4 nitrogen and oxygen atoms in total. The van der Waals surface area contributed by atoms with Crippen LogP contribution < -0.4 is 0 Å². The van der Waals surface area contributed by atoms with E-state index in [9.17, 15) is 35.9 Å². The highest BCUT2D eigenvalue weighted by atomic mass is 19.4. The van der Waals surface area contributed by atoms with E-state index in [1.807, 2.05) is 30.3 Å². The van der Waals surface area contributed by atoms with Crippen molar-refractivity contribution in [3.63, 3.8) is 0 Å². The Hall–Kier alpha value is -4.08. The Kier molecular flexibility index (Phi) is 8.13. The molecular formula is C29H24F6N2O2. The molecule has 0 N–H and O–H groups in total. The van der Waals surface area contributed by atoms with E-state index < -0.39 is 41.0 Å². The van der Waals surface area contributed by atoms with Crippen LogP contribution in [0.4, 0.5) is 26.3 Å². The van der Waals surface area contributed by atoms with E-state index in [0.717, 1.165) is 11.1 Å². The number of rotatable bonds is 5. The van der Waals surface area contributed by atoms with Crippen LogP contribution in [0, 0.1) is 0 Å². The number of hydrogen-bond donors (Lipinski definition) is 0. The molecule has 2 amide bonds. The fourth-order valence-corrected chi connectivity index (χ4v) is 4.46. The minimum atomic E-state index is -5.07. The van der Waals surface area contributed by atoms with Gasteiger partial charge in [-0.2, -0.15) is 26.3 Å². The summed E-state index contributed by atoms with van der Waals surface area (Å²) in [5.74, 6) is -1.28. The van der Waals surface area contributed by atoms with Gasteiger partial charge in [-0.15, -0.1) is 0 Å². The molecule has 0 unspecified atom stereocenters. The predicted molar refractivity (Wildman–Crippen MR) is 133 cm³/mol. The second-order valence-corrected chi connectivity index (χ2v) is 9.16. The summed E-state index contributed by atoms with van der Waals surface area (Å²) in [6.45, 7) is 0.0720. The first kappa shape index (κ1) is 27.9. The summed E-state index contributed by atoms with van der Waals surface area (Å²) < 4.78 is 80.4. The van der Waals surface area contributed by atoms with E-state index >= 15 is 0 Å². The molecule has 0 saturated carbocycles. The highest BCUT2D eigenvalue weighted by molar-refractivity contribution is 5.96. The number of alkyl halides is 6. The van der Waals surface area contributed by atoms with Gasteiger partial charge in [0.1, 0.15) is 0 Å². The molecule has 1 heterocycles. The first-order valence-electron chi connectivity index (χ1n) is 12.1. The Morgan fingerprint density at radius 1 is 0.795 bits per heavy atom. The summed E-state index contributed by atoms with van der Waals surface area (Å²) in [5.41, 5.74) is -2.21. The maximum Gasteiger partial charge on any atom is 0.416 e. The van der Waals surface area contributed by atoms with Gasteiger partial charge in [-0.05, 0) is 41.8 Å². The predicted octanol–water partition coefficient (Wildman–Crippen LogP) is 6.33. The SMILES string of the molecule is O=C(C=Cc1ccccc1)N1CCN(C(=O)c2cc(C(F)(F)F)cc(C(F)(F)F)c2)[C@H](Cc2ccccc2)C1. The molecular weight excluding hydrogens is 522 g/mol. The van der Waals surface area contributed by atoms with Gasteiger partial charge >= 0.3 is 12.4 Å². The summed E-state index contributed by atoms with van der Waals surface area (Å²) in [7, 11) is 0. The lowest BCUT2D eigenvalue weighted by atomic mass is 9.99. The second kappa shape index (κ2) is 11.3. The van der Waals surface area contributed by atoms with Crippen molar-refractivity contribution in [2.75, 3.05) is 19.6 Å². The van der Waals surface area contributed by atoms with E-state index in [1.54, 1.807) is 36.4 Å². The summed E-state index contributed by atoms with van der Waals surface area (Å²) in [6, 6.07) is 18.3. The lowest BCUT2D eigenvalue weighted by molar-refractivity contribution is -0.143. The largest absolute Gasteiger partial charge is 0.416 e. The minimum absolute atomic E-state index is 0.00604. The molecule has 3 aromatic carbocycles. The van der Waals surface area contributed by atoms with Gasteiger partial charge in [0.2, 0.25) is 5.91 Å². The van der Waals surface area contributed by atoms with Crippen LogP contribution in [0.1, 0.15) is 32.6 Å². The number of benzene rings is 3. The number of hydrogen-bond acceptors (Lipinski definition) is 2. The fraction of sp³-hybridized carbons (Fsp3) is 0.241. The second-order valence-electron chi connectivity index (χ2n) is 9.16. The van der Waals surface area contributed by atoms with E-state index in [1.165, 1.54) is 15.9 Å². The maximum atomic E-state index is 13.4. The lowest BCUT2D eigenvalue weighted by Gasteiger charge is -2.41. The van der Waals surface area contributed by atoms with Crippen molar-refractivity contribution in [1.82, 2.24) is 9.80 Å². The Labute approximate surface area is 221 Å². The molecule has 39 heavy (non-hydrogen) atoms. The summed E-state index contributed by atoms with van der Waals surface area (Å²) in [5, 5.41) is 0. The van der Waals surface area contributed by atoms with Crippen LogP contribution in [0.5, 0.6) is 0 Å². The van der Waals surface area contributed by atoms with E-state index in [0.29, 0.717) is 12.1 Å². The fourth-order valence-electron chi connectivity index (χ4n) is 4.46. The normalized spacial score (nSPS) is 16.5. The third-order valence-corrected chi connectivity index (χ3v) is 6.42. The zero-order chi connectivity index (χ0) is 28.2. The number of nitrogens with zero attached hydrogens (tertiary/aromatic N) is 2. The van der Waals surface area contributed by atoms with Gasteiger partial charge in [-0.1, -0.05) is 60.7 Å². The highest BCUT2D eigenvalue weighted by Gasteiger charge is 2.39. The maximum absolute atomic E-state index is 13.4. The van der Waals surface area contributed by atoms with E-state index in [2.05, 4.69) is 0 Å². The van der Waals surface area contributed by atoms with Crippen LogP contribution >= 0.6 is 0 Å². The highest BCUT2D eigenvalue weighted by Crippen LogP contribution is 2.37. The van der Waals surface area contributed by atoms with Crippen molar-refractivity contribution >= 4 is 17.9 Å². The number of carbonyl (C=O) groups excluding carboxylic acids is 2. The molecule has 1 aliphatic rings. The monoisotopic (exact) mass is 546 g/mol.